The molecular weight excluding hydrogens is 299 g/mol. The van der Waals surface area contributed by atoms with Crippen molar-refractivity contribution < 1.29 is 0 Å². The Hall–Kier alpha value is -0.0651. The maximum atomic E-state index is 5.74. The summed E-state index contributed by atoms with van der Waals surface area (Å²) in [5.41, 5.74) is 0. The van der Waals surface area contributed by atoms with Crippen LogP contribution in [0.2, 0.25) is 0 Å². The molecule has 0 aromatic heterocycles. The fourth-order valence-electron chi connectivity index (χ4n) is 7.56. The molecule has 3 aliphatic rings. The summed E-state index contributed by atoms with van der Waals surface area (Å²) >= 11 is 0. The van der Waals surface area contributed by atoms with Crippen LogP contribution in [0.25, 0.3) is 0 Å². The zero-order chi connectivity index (χ0) is 17.8. The van der Waals surface area contributed by atoms with Gasteiger partial charge in [0, 0.05) is 0 Å². The molecule has 2 bridgehead atoms. The van der Waals surface area contributed by atoms with Crippen LogP contribution in [-0.2, 0) is 0 Å². The first-order chi connectivity index (χ1) is 12.2. The van der Waals surface area contributed by atoms with Gasteiger partial charge in [-0.25, -0.2) is 0 Å². The number of unbranched alkanes of at least 4 members (excludes halogenated alkanes) is 2. The molecule has 1 heteroatoms. The normalized spacial score (nSPS) is 43.9. The van der Waals surface area contributed by atoms with Gasteiger partial charge in [0.15, 0.2) is 0 Å². The Labute approximate surface area is 159 Å². The van der Waals surface area contributed by atoms with Crippen LogP contribution in [0.15, 0.2) is 0 Å². The third-order valence-corrected chi connectivity index (χ3v) is 8.66. The van der Waals surface area contributed by atoms with Gasteiger partial charge in [0.1, 0.15) is 0 Å². The fourth-order valence-corrected chi connectivity index (χ4v) is 7.56. The molecule has 0 N–H and O–H groups in total. The van der Waals surface area contributed by atoms with E-state index in [1.54, 1.807) is 19.3 Å². The van der Waals surface area contributed by atoms with E-state index in [4.69, 9.17) is 7.49 Å². The Morgan fingerprint density at radius 1 is 0.920 bits per heavy atom. The SMILES string of the molecule is [B]=CCCC1CCC2CC(CCCCC)CCC2C2CC(C)C1C2C. The van der Waals surface area contributed by atoms with Crippen LogP contribution < -0.4 is 0 Å². The summed E-state index contributed by atoms with van der Waals surface area (Å²) in [6.45, 7) is 7.52. The molecule has 0 spiro atoms. The summed E-state index contributed by atoms with van der Waals surface area (Å²) < 4.78 is 0. The molecule has 0 saturated heterocycles. The predicted molar refractivity (Wildman–Crippen MR) is 112 cm³/mol. The molecule has 0 aromatic carbocycles. The molecule has 3 rings (SSSR count). The molecule has 0 heterocycles. The van der Waals surface area contributed by atoms with Crippen LogP contribution in [0.3, 0.4) is 0 Å². The summed E-state index contributed by atoms with van der Waals surface area (Å²) in [5, 5.41) is 0. The summed E-state index contributed by atoms with van der Waals surface area (Å²) in [7, 11) is 5.74. The van der Waals surface area contributed by atoms with Gasteiger partial charge in [-0.05, 0) is 0 Å². The van der Waals surface area contributed by atoms with E-state index in [1.165, 1.54) is 51.4 Å². The summed E-state index contributed by atoms with van der Waals surface area (Å²) in [6.07, 6.45) is 17.5. The molecule has 8 unspecified atom stereocenters. The molecule has 25 heavy (non-hydrogen) atoms. The molecule has 0 amide bonds. The minimum absolute atomic E-state index is 0.941. The van der Waals surface area contributed by atoms with Gasteiger partial charge in [0.05, 0.1) is 0 Å². The number of fused-ring (bicyclic) bond motifs is 4. The molecule has 0 nitrogen and oxygen atoms in total. The Balaban J connectivity index is 1.67. The molecule has 3 saturated carbocycles. The van der Waals surface area contributed by atoms with Crippen molar-refractivity contribution in [2.75, 3.05) is 0 Å². The monoisotopic (exact) mass is 341 g/mol. The van der Waals surface area contributed by atoms with E-state index in [0.717, 1.165) is 53.8 Å². The van der Waals surface area contributed by atoms with E-state index in [1.807, 2.05) is 5.97 Å². The van der Waals surface area contributed by atoms with Gasteiger partial charge in [-0.15, -0.1) is 0 Å². The van der Waals surface area contributed by atoms with Gasteiger partial charge in [-0.1, -0.05) is 13.3 Å². The van der Waals surface area contributed by atoms with Gasteiger partial charge in [0.2, 0.25) is 0 Å². The molecule has 8 atom stereocenters. The van der Waals surface area contributed by atoms with Gasteiger partial charge >= 0.3 is 145 Å². The van der Waals surface area contributed by atoms with Crippen LogP contribution in [0.4, 0.5) is 0 Å². The predicted octanol–water partition coefficient (Wildman–Crippen LogP) is 6.67. The molecule has 141 valence electrons. The third-order valence-electron chi connectivity index (χ3n) is 8.66. The molecule has 1 radical (unpaired) electrons. The number of hydrogen-bond donors (Lipinski definition) is 0. The van der Waals surface area contributed by atoms with E-state index < -0.39 is 0 Å². The molecular formula is C24H42B. The van der Waals surface area contributed by atoms with Gasteiger partial charge in [-0.2, -0.15) is 0 Å². The van der Waals surface area contributed by atoms with E-state index in [-0.39, 0.29) is 0 Å². The Morgan fingerprint density at radius 3 is 2.52 bits per heavy atom. The fraction of sp³-hybridized carbons (Fsp3) is 0.958. The first-order valence-electron chi connectivity index (χ1n) is 11.7. The summed E-state index contributed by atoms with van der Waals surface area (Å²) in [4.78, 5) is 0. The van der Waals surface area contributed by atoms with Crippen LogP contribution in [0.1, 0.15) is 97.8 Å². The van der Waals surface area contributed by atoms with E-state index in [9.17, 15) is 0 Å². The zero-order valence-electron chi connectivity index (χ0n) is 17.3. The minimum atomic E-state index is 0.941. The van der Waals surface area contributed by atoms with E-state index >= 15 is 0 Å². The molecule has 3 fully saturated rings. The zero-order valence-corrected chi connectivity index (χ0v) is 17.3. The van der Waals surface area contributed by atoms with Crippen molar-refractivity contribution in [1.29, 1.82) is 0 Å². The van der Waals surface area contributed by atoms with Crippen LogP contribution in [0, 0.1) is 47.3 Å². The maximum absolute atomic E-state index is 5.74. The second kappa shape index (κ2) is 9.23. The quantitative estimate of drug-likeness (QED) is 0.358. The Kier molecular flexibility index (Phi) is 7.27. The second-order valence-electron chi connectivity index (χ2n) is 10.1. The third kappa shape index (κ3) is 4.44. The first kappa shape index (κ1) is 19.7. The molecule has 3 aliphatic carbocycles. The van der Waals surface area contributed by atoms with Crippen molar-refractivity contribution >= 4 is 13.5 Å². The number of rotatable bonds is 7. The topological polar surface area (TPSA) is 0 Å². The number of hydrogen-bond acceptors (Lipinski definition) is 0. The van der Waals surface area contributed by atoms with Crippen LogP contribution in [-0.4, -0.2) is 13.5 Å². The standard InChI is InChI=1S/C24H42B/c1-4-5-6-8-19-10-13-22-21(16-19)12-11-20(9-7-14-25)24-17(2)15-23(22)18(24)3/h14,17-24H,4-13,15-16H2,1-3H3. The molecule has 0 aromatic rings. The van der Waals surface area contributed by atoms with Crippen molar-refractivity contribution in [3.05, 3.63) is 0 Å². The summed E-state index contributed by atoms with van der Waals surface area (Å²) in [6, 6.07) is 0. The van der Waals surface area contributed by atoms with Crippen molar-refractivity contribution in [2.24, 2.45) is 47.3 Å². The Morgan fingerprint density at radius 2 is 1.76 bits per heavy atom. The van der Waals surface area contributed by atoms with Gasteiger partial charge in [-0.3, -0.25) is 0 Å². The average molecular weight is 341 g/mol. The van der Waals surface area contributed by atoms with Crippen molar-refractivity contribution in [3.8, 4) is 0 Å². The van der Waals surface area contributed by atoms with Gasteiger partial charge in [0.25, 0.3) is 0 Å². The van der Waals surface area contributed by atoms with Gasteiger partial charge < -0.3 is 0 Å². The van der Waals surface area contributed by atoms with Crippen molar-refractivity contribution in [2.45, 2.75) is 97.8 Å². The van der Waals surface area contributed by atoms with Crippen LogP contribution >= 0.6 is 0 Å². The first-order valence-corrected chi connectivity index (χ1v) is 11.7. The Bertz CT molecular complexity index is 416. The average Bonchev–Trinajstić information content (AvgIpc) is 2.92. The summed E-state index contributed by atoms with van der Waals surface area (Å²) in [5.74, 6) is 9.93. The molecule has 0 aliphatic heterocycles. The second-order valence-corrected chi connectivity index (χ2v) is 10.1. The van der Waals surface area contributed by atoms with E-state index in [0.29, 0.717) is 0 Å². The van der Waals surface area contributed by atoms with Crippen molar-refractivity contribution in [1.82, 2.24) is 0 Å². The van der Waals surface area contributed by atoms with Crippen LogP contribution in [0.5, 0.6) is 0 Å². The van der Waals surface area contributed by atoms with E-state index in [2.05, 4.69) is 20.8 Å². The van der Waals surface area contributed by atoms with Crippen molar-refractivity contribution in [3.63, 3.8) is 0 Å².